The highest BCUT2D eigenvalue weighted by atomic mass is 35.5. The largest absolute Gasteiger partial charge is 0.301 e. The van der Waals surface area contributed by atoms with Gasteiger partial charge >= 0.3 is 0 Å². The summed E-state index contributed by atoms with van der Waals surface area (Å²) in [5.41, 5.74) is 5.14. The lowest BCUT2D eigenvalue weighted by Crippen LogP contribution is -2.32. The number of fused-ring (bicyclic) bond motifs is 1. The summed E-state index contributed by atoms with van der Waals surface area (Å²) in [5.74, 6) is 0.450. The molecule has 1 aromatic carbocycles. The zero-order valence-corrected chi connectivity index (χ0v) is 12.8. The quantitative estimate of drug-likeness (QED) is 0.696. The molecule has 1 aliphatic heterocycles. The van der Waals surface area contributed by atoms with Crippen LogP contribution in [0.4, 0.5) is 0 Å². The predicted octanol–water partition coefficient (Wildman–Crippen LogP) is 3.57. The van der Waals surface area contributed by atoms with Crippen molar-refractivity contribution in [2.45, 2.75) is 31.3 Å². The van der Waals surface area contributed by atoms with Crippen LogP contribution in [0.1, 0.15) is 36.6 Å². The van der Waals surface area contributed by atoms with E-state index in [1.165, 1.54) is 0 Å². The molecule has 108 valence electrons. The maximum Gasteiger partial charge on any atom is 0.141 e. The number of nitrogens with one attached hydrogen (secondary N) is 1. The van der Waals surface area contributed by atoms with Gasteiger partial charge in [-0.2, -0.15) is 0 Å². The van der Waals surface area contributed by atoms with Crippen LogP contribution in [0, 0.1) is 0 Å². The molecule has 0 fully saturated rings. The first-order chi connectivity index (χ1) is 10.0. The number of aldehydes is 1. The van der Waals surface area contributed by atoms with Crippen molar-refractivity contribution in [1.82, 2.24) is 10.3 Å². The first-order valence-corrected chi connectivity index (χ1v) is 7.46. The molecule has 1 N–H and O–H groups in total. The normalized spacial score (nSPS) is 19.3. The lowest BCUT2D eigenvalue weighted by molar-refractivity contribution is -0.109. The molecule has 0 radical (unpaired) electrons. The molecule has 0 bridgehead atoms. The van der Waals surface area contributed by atoms with Gasteiger partial charge in [0.05, 0.1) is 6.04 Å². The molecule has 0 saturated carbocycles. The SMILES string of the molecule is CC1(C)NC(C=O)c2ccc(-c3cncc(CCl)c3)cc21. The van der Waals surface area contributed by atoms with Gasteiger partial charge in [0.1, 0.15) is 6.29 Å². The van der Waals surface area contributed by atoms with Crippen LogP contribution in [0.2, 0.25) is 0 Å². The molecule has 1 aliphatic rings. The summed E-state index contributed by atoms with van der Waals surface area (Å²) in [6.07, 6.45) is 4.57. The van der Waals surface area contributed by atoms with E-state index < -0.39 is 0 Å². The molecule has 1 aromatic heterocycles. The number of hydrogen-bond acceptors (Lipinski definition) is 3. The number of carbonyl (C=O) groups excluding carboxylic acids is 1. The molecule has 0 spiro atoms. The maximum absolute atomic E-state index is 11.2. The van der Waals surface area contributed by atoms with Crippen molar-refractivity contribution in [3.63, 3.8) is 0 Å². The van der Waals surface area contributed by atoms with E-state index in [1.54, 1.807) is 6.20 Å². The molecule has 0 amide bonds. The second-order valence-corrected chi connectivity index (χ2v) is 6.17. The van der Waals surface area contributed by atoms with Gasteiger partial charge in [0.2, 0.25) is 0 Å². The molecule has 2 heterocycles. The third-order valence-electron chi connectivity index (χ3n) is 4.00. The number of hydrogen-bond donors (Lipinski definition) is 1. The number of rotatable bonds is 3. The Morgan fingerprint density at radius 2 is 2.10 bits per heavy atom. The van der Waals surface area contributed by atoms with E-state index in [1.807, 2.05) is 24.4 Å². The molecule has 2 aromatic rings. The van der Waals surface area contributed by atoms with Crippen LogP contribution in [-0.2, 0) is 16.2 Å². The smallest absolute Gasteiger partial charge is 0.141 e. The summed E-state index contributed by atoms with van der Waals surface area (Å²) in [6.45, 7) is 4.18. The monoisotopic (exact) mass is 300 g/mol. The van der Waals surface area contributed by atoms with Gasteiger partial charge in [-0.25, -0.2) is 0 Å². The molecule has 1 unspecified atom stereocenters. The highest BCUT2D eigenvalue weighted by Gasteiger charge is 2.35. The Bertz CT molecular complexity index is 697. The first kappa shape index (κ1) is 14.2. The highest BCUT2D eigenvalue weighted by Crippen LogP contribution is 2.38. The Morgan fingerprint density at radius 3 is 2.81 bits per heavy atom. The van der Waals surface area contributed by atoms with Crippen molar-refractivity contribution >= 4 is 17.9 Å². The zero-order chi connectivity index (χ0) is 15.0. The van der Waals surface area contributed by atoms with Crippen molar-refractivity contribution in [2.75, 3.05) is 0 Å². The number of benzene rings is 1. The van der Waals surface area contributed by atoms with Gasteiger partial charge in [-0.15, -0.1) is 11.6 Å². The Balaban J connectivity index is 2.09. The second kappa shape index (κ2) is 5.24. The van der Waals surface area contributed by atoms with Crippen molar-refractivity contribution in [3.8, 4) is 11.1 Å². The van der Waals surface area contributed by atoms with Gasteiger partial charge in [-0.1, -0.05) is 12.1 Å². The summed E-state index contributed by atoms with van der Waals surface area (Å²) in [6, 6.07) is 8.03. The van der Waals surface area contributed by atoms with Crippen molar-refractivity contribution < 1.29 is 4.79 Å². The first-order valence-electron chi connectivity index (χ1n) is 6.93. The van der Waals surface area contributed by atoms with Gasteiger partial charge in [-0.05, 0) is 48.2 Å². The molecule has 0 aliphatic carbocycles. The van der Waals surface area contributed by atoms with Gasteiger partial charge in [0.15, 0.2) is 0 Å². The fraction of sp³-hybridized carbons (Fsp3) is 0.294. The summed E-state index contributed by atoms with van der Waals surface area (Å²) in [7, 11) is 0. The molecule has 3 rings (SSSR count). The molecular weight excluding hydrogens is 284 g/mol. The van der Waals surface area contributed by atoms with E-state index in [0.29, 0.717) is 5.88 Å². The molecule has 21 heavy (non-hydrogen) atoms. The van der Waals surface area contributed by atoms with Crippen LogP contribution in [0.3, 0.4) is 0 Å². The number of carbonyl (C=O) groups is 1. The van der Waals surface area contributed by atoms with E-state index in [0.717, 1.165) is 34.1 Å². The number of aromatic nitrogens is 1. The molecule has 0 saturated heterocycles. The van der Waals surface area contributed by atoms with Crippen LogP contribution in [0.5, 0.6) is 0 Å². The van der Waals surface area contributed by atoms with Crippen molar-refractivity contribution in [1.29, 1.82) is 0 Å². The zero-order valence-electron chi connectivity index (χ0n) is 12.1. The van der Waals surface area contributed by atoms with E-state index >= 15 is 0 Å². The fourth-order valence-electron chi connectivity index (χ4n) is 2.92. The number of halogens is 1. The fourth-order valence-corrected chi connectivity index (χ4v) is 3.06. The van der Waals surface area contributed by atoms with Crippen LogP contribution in [0.15, 0.2) is 36.7 Å². The molecule has 4 heteroatoms. The van der Waals surface area contributed by atoms with Crippen LogP contribution < -0.4 is 5.32 Å². The van der Waals surface area contributed by atoms with Crippen LogP contribution in [0.25, 0.3) is 11.1 Å². The molecule has 3 nitrogen and oxygen atoms in total. The lowest BCUT2D eigenvalue weighted by atomic mass is 9.90. The maximum atomic E-state index is 11.2. The van der Waals surface area contributed by atoms with Gasteiger partial charge < -0.3 is 4.79 Å². The minimum absolute atomic E-state index is 0.214. The number of nitrogens with zero attached hydrogens (tertiary/aromatic N) is 1. The van der Waals surface area contributed by atoms with Crippen molar-refractivity contribution in [3.05, 3.63) is 53.3 Å². The minimum atomic E-state index is -0.226. The highest BCUT2D eigenvalue weighted by molar-refractivity contribution is 6.17. The van der Waals surface area contributed by atoms with Gasteiger partial charge in [-0.3, -0.25) is 10.3 Å². The average Bonchev–Trinajstić information content (AvgIpc) is 2.78. The Kier molecular flexibility index (Phi) is 3.56. The van der Waals surface area contributed by atoms with E-state index in [-0.39, 0.29) is 11.6 Å². The van der Waals surface area contributed by atoms with Crippen LogP contribution >= 0.6 is 11.6 Å². The lowest BCUT2D eigenvalue weighted by Gasteiger charge is -2.20. The second-order valence-electron chi connectivity index (χ2n) is 5.90. The summed E-state index contributed by atoms with van der Waals surface area (Å²) in [5, 5.41) is 3.34. The summed E-state index contributed by atoms with van der Waals surface area (Å²) in [4.78, 5) is 15.4. The van der Waals surface area contributed by atoms with Crippen LogP contribution in [-0.4, -0.2) is 11.3 Å². The third kappa shape index (κ3) is 2.47. The number of alkyl halides is 1. The van der Waals surface area contributed by atoms with E-state index in [4.69, 9.17) is 11.6 Å². The van der Waals surface area contributed by atoms with E-state index in [9.17, 15) is 4.79 Å². The average molecular weight is 301 g/mol. The topological polar surface area (TPSA) is 42.0 Å². The van der Waals surface area contributed by atoms with E-state index in [2.05, 4.69) is 30.2 Å². The van der Waals surface area contributed by atoms with Gasteiger partial charge in [0.25, 0.3) is 0 Å². The minimum Gasteiger partial charge on any atom is -0.301 e. The Hall–Kier alpha value is -1.71. The van der Waals surface area contributed by atoms with Gasteiger partial charge in [0, 0.05) is 29.4 Å². The molecular formula is C17H17ClN2O. The summed E-state index contributed by atoms with van der Waals surface area (Å²) >= 11 is 5.87. The Morgan fingerprint density at radius 1 is 1.29 bits per heavy atom. The summed E-state index contributed by atoms with van der Waals surface area (Å²) < 4.78 is 0. The third-order valence-corrected chi connectivity index (χ3v) is 4.31. The molecule has 1 atom stereocenters. The van der Waals surface area contributed by atoms with Crippen molar-refractivity contribution in [2.24, 2.45) is 0 Å². The predicted molar refractivity (Wildman–Crippen MR) is 84.2 cm³/mol. The Labute approximate surface area is 129 Å². The standard InChI is InChI=1S/C17H17ClN2O/c1-17(2)15-6-12(3-4-14(15)16(10-21)20-17)13-5-11(7-18)8-19-9-13/h3-6,8-10,16,20H,7H2,1-2H3. The number of pyridine rings is 1.